The number of likely N-dealkylation sites (tertiary alicyclic amines) is 1. The average Bonchev–Trinajstić information content (AvgIpc) is 3.00. The van der Waals surface area contributed by atoms with Gasteiger partial charge in [0.25, 0.3) is 0 Å². The van der Waals surface area contributed by atoms with E-state index in [0.717, 1.165) is 51.1 Å². The summed E-state index contributed by atoms with van der Waals surface area (Å²) in [5.74, 6) is 1.79. The molecule has 4 heteroatoms. The Hall–Kier alpha value is -1.55. The average molecular weight is 303 g/mol. The third-order valence-electron chi connectivity index (χ3n) is 4.06. The smallest absolute Gasteiger partial charge is 0.193 e. The Bertz CT molecular complexity index is 447. The number of nitrogens with zero attached hydrogens (tertiary/aromatic N) is 2. The number of hydrogen-bond acceptors (Lipinski definition) is 2. The van der Waals surface area contributed by atoms with Crippen molar-refractivity contribution in [2.75, 3.05) is 39.9 Å². The molecule has 0 spiro atoms. The Kier molecular flexibility index (Phi) is 7.23. The second-order valence-electron chi connectivity index (χ2n) is 5.87. The summed E-state index contributed by atoms with van der Waals surface area (Å²) in [6, 6.07) is 10.8. The molecule has 1 atom stereocenters. The molecule has 1 N–H and O–H groups in total. The number of nitrogens with one attached hydrogen (secondary N) is 1. The lowest BCUT2D eigenvalue weighted by atomic mass is 9.99. The molecule has 1 saturated heterocycles. The van der Waals surface area contributed by atoms with Crippen LogP contribution in [0, 0.1) is 5.92 Å². The SMILES string of the molecule is CCNC(=NCCCOC)N1CCC(Cc2ccccc2)C1. The number of guanidine groups is 1. The van der Waals surface area contributed by atoms with E-state index >= 15 is 0 Å². The van der Waals surface area contributed by atoms with E-state index < -0.39 is 0 Å². The lowest BCUT2D eigenvalue weighted by molar-refractivity contribution is 0.197. The van der Waals surface area contributed by atoms with E-state index in [4.69, 9.17) is 9.73 Å². The highest BCUT2D eigenvalue weighted by Crippen LogP contribution is 2.20. The van der Waals surface area contributed by atoms with Crippen LogP contribution in [0.2, 0.25) is 0 Å². The zero-order valence-corrected chi connectivity index (χ0v) is 13.9. The van der Waals surface area contributed by atoms with Crippen molar-refractivity contribution >= 4 is 5.96 Å². The predicted octanol–water partition coefficient (Wildman–Crippen LogP) is 2.55. The first-order chi connectivity index (χ1) is 10.8. The van der Waals surface area contributed by atoms with Gasteiger partial charge in [-0.2, -0.15) is 0 Å². The summed E-state index contributed by atoms with van der Waals surface area (Å²) in [7, 11) is 1.74. The molecule has 1 unspecified atom stereocenters. The van der Waals surface area contributed by atoms with Crippen molar-refractivity contribution in [2.24, 2.45) is 10.9 Å². The summed E-state index contributed by atoms with van der Waals surface area (Å²) in [6.07, 6.45) is 3.39. The normalized spacial score (nSPS) is 18.7. The van der Waals surface area contributed by atoms with Crippen LogP contribution in [-0.4, -0.2) is 50.8 Å². The minimum atomic E-state index is 0.727. The molecule has 0 aromatic heterocycles. The highest BCUT2D eigenvalue weighted by molar-refractivity contribution is 5.80. The van der Waals surface area contributed by atoms with Gasteiger partial charge < -0.3 is 15.0 Å². The molecule has 0 radical (unpaired) electrons. The molecule has 1 aromatic carbocycles. The number of hydrogen-bond donors (Lipinski definition) is 1. The Labute approximate surface area is 134 Å². The quantitative estimate of drug-likeness (QED) is 0.478. The topological polar surface area (TPSA) is 36.9 Å². The standard InChI is InChI=1S/C18H29N3O/c1-3-19-18(20-11-7-13-22-2)21-12-10-17(15-21)14-16-8-5-4-6-9-16/h4-6,8-9,17H,3,7,10-15H2,1-2H3,(H,19,20). The van der Waals surface area contributed by atoms with Crippen molar-refractivity contribution in [2.45, 2.75) is 26.2 Å². The fraction of sp³-hybridized carbons (Fsp3) is 0.611. The van der Waals surface area contributed by atoms with Crippen LogP contribution < -0.4 is 5.32 Å². The zero-order valence-electron chi connectivity index (χ0n) is 13.9. The molecule has 0 aliphatic carbocycles. The summed E-state index contributed by atoms with van der Waals surface area (Å²) in [4.78, 5) is 7.13. The molecule has 122 valence electrons. The van der Waals surface area contributed by atoms with Crippen molar-refractivity contribution in [3.05, 3.63) is 35.9 Å². The lowest BCUT2D eigenvalue weighted by Crippen LogP contribution is -2.40. The van der Waals surface area contributed by atoms with Crippen molar-refractivity contribution in [1.82, 2.24) is 10.2 Å². The highest BCUT2D eigenvalue weighted by atomic mass is 16.5. The van der Waals surface area contributed by atoms with Crippen LogP contribution in [0.3, 0.4) is 0 Å². The zero-order chi connectivity index (χ0) is 15.6. The molecule has 1 aliphatic heterocycles. The third kappa shape index (κ3) is 5.34. The molecule has 0 amide bonds. The van der Waals surface area contributed by atoms with Gasteiger partial charge in [0.15, 0.2) is 5.96 Å². The van der Waals surface area contributed by atoms with Crippen LogP contribution in [0.4, 0.5) is 0 Å². The van der Waals surface area contributed by atoms with Gasteiger partial charge in [-0.1, -0.05) is 30.3 Å². The molecule has 4 nitrogen and oxygen atoms in total. The van der Waals surface area contributed by atoms with E-state index in [1.165, 1.54) is 18.4 Å². The maximum atomic E-state index is 5.09. The monoisotopic (exact) mass is 303 g/mol. The molecule has 2 rings (SSSR count). The van der Waals surface area contributed by atoms with E-state index in [2.05, 4.69) is 47.5 Å². The molecular formula is C18H29N3O. The van der Waals surface area contributed by atoms with Crippen LogP contribution >= 0.6 is 0 Å². The number of methoxy groups -OCH3 is 1. The Morgan fingerprint density at radius 2 is 2.18 bits per heavy atom. The van der Waals surface area contributed by atoms with Crippen LogP contribution in [0.5, 0.6) is 0 Å². The molecule has 1 aliphatic rings. The van der Waals surface area contributed by atoms with E-state index in [1.54, 1.807) is 7.11 Å². The highest BCUT2D eigenvalue weighted by Gasteiger charge is 2.24. The number of aliphatic imine (C=N–C) groups is 1. The minimum absolute atomic E-state index is 0.727. The number of benzene rings is 1. The molecule has 0 saturated carbocycles. The van der Waals surface area contributed by atoms with Crippen LogP contribution in [0.15, 0.2) is 35.3 Å². The van der Waals surface area contributed by atoms with Crippen LogP contribution in [0.1, 0.15) is 25.3 Å². The summed E-state index contributed by atoms with van der Waals surface area (Å²) >= 11 is 0. The number of ether oxygens (including phenoxy) is 1. The van der Waals surface area contributed by atoms with Gasteiger partial charge in [-0.15, -0.1) is 0 Å². The van der Waals surface area contributed by atoms with Gasteiger partial charge >= 0.3 is 0 Å². The maximum absolute atomic E-state index is 5.09. The Morgan fingerprint density at radius 3 is 2.91 bits per heavy atom. The molecule has 1 heterocycles. The van der Waals surface area contributed by atoms with Gasteiger partial charge in [0.1, 0.15) is 0 Å². The fourth-order valence-corrected chi connectivity index (χ4v) is 2.96. The lowest BCUT2D eigenvalue weighted by Gasteiger charge is -2.21. The molecule has 22 heavy (non-hydrogen) atoms. The predicted molar refractivity (Wildman–Crippen MR) is 92.3 cm³/mol. The summed E-state index contributed by atoms with van der Waals surface area (Å²) in [5.41, 5.74) is 1.44. The number of rotatable bonds is 7. The molecular weight excluding hydrogens is 274 g/mol. The fourth-order valence-electron chi connectivity index (χ4n) is 2.96. The first kappa shape index (κ1) is 16.8. The van der Waals surface area contributed by atoms with Crippen molar-refractivity contribution < 1.29 is 4.74 Å². The summed E-state index contributed by atoms with van der Waals surface area (Å²) in [6.45, 7) is 6.86. The molecule has 1 fully saturated rings. The van der Waals surface area contributed by atoms with Gasteiger partial charge in [0.05, 0.1) is 0 Å². The second kappa shape index (κ2) is 9.46. The maximum Gasteiger partial charge on any atom is 0.193 e. The van der Waals surface area contributed by atoms with Gasteiger partial charge in [-0.3, -0.25) is 4.99 Å². The van der Waals surface area contributed by atoms with Crippen molar-refractivity contribution in [1.29, 1.82) is 0 Å². The molecule has 0 bridgehead atoms. The largest absolute Gasteiger partial charge is 0.385 e. The first-order valence-electron chi connectivity index (χ1n) is 8.39. The van der Waals surface area contributed by atoms with Crippen molar-refractivity contribution in [3.8, 4) is 0 Å². The van der Waals surface area contributed by atoms with E-state index in [0.29, 0.717) is 0 Å². The van der Waals surface area contributed by atoms with Gasteiger partial charge in [-0.25, -0.2) is 0 Å². The van der Waals surface area contributed by atoms with Crippen LogP contribution in [0.25, 0.3) is 0 Å². The van der Waals surface area contributed by atoms with E-state index in [9.17, 15) is 0 Å². The van der Waals surface area contributed by atoms with Crippen LogP contribution in [-0.2, 0) is 11.2 Å². The van der Waals surface area contributed by atoms with Gasteiger partial charge in [0, 0.05) is 39.9 Å². The van der Waals surface area contributed by atoms with E-state index in [1.807, 2.05) is 0 Å². The van der Waals surface area contributed by atoms with E-state index in [-0.39, 0.29) is 0 Å². The minimum Gasteiger partial charge on any atom is -0.385 e. The van der Waals surface area contributed by atoms with Gasteiger partial charge in [-0.05, 0) is 37.7 Å². The van der Waals surface area contributed by atoms with Gasteiger partial charge in [0.2, 0.25) is 0 Å². The summed E-state index contributed by atoms with van der Waals surface area (Å²) < 4.78 is 5.09. The van der Waals surface area contributed by atoms with Crippen molar-refractivity contribution in [3.63, 3.8) is 0 Å². The Balaban J connectivity index is 1.85. The third-order valence-corrected chi connectivity index (χ3v) is 4.06. The summed E-state index contributed by atoms with van der Waals surface area (Å²) in [5, 5.41) is 3.42. The second-order valence-corrected chi connectivity index (χ2v) is 5.87. The Morgan fingerprint density at radius 1 is 1.36 bits per heavy atom. The molecule has 1 aromatic rings. The first-order valence-corrected chi connectivity index (χ1v) is 8.39.